The number of fused-ring (bicyclic) bond motifs is 2. The summed E-state index contributed by atoms with van der Waals surface area (Å²) in [5.74, 6) is 1.51. The zero-order chi connectivity index (χ0) is 19.2. The fourth-order valence-corrected chi connectivity index (χ4v) is 3.93. The van der Waals surface area contributed by atoms with Crippen molar-refractivity contribution in [3.8, 4) is 11.5 Å². The van der Waals surface area contributed by atoms with E-state index in [9.17, 15) is 4.79 Å². The molecule has 0 spiro atoms. The van der Waals surface area contributed by atoms with Crippen LogP contribution in [0.5, 0.6) is 11.5 Å². The van der Waals surface area contributed by atoms with E-state index in [0.29, 0.717) is 19.5 Å². The number of carbonyl (C=O) groups is 1. The molecule has 7 heteroatoms. The number of H-pyrrole nitrogens is 1. The number of carbonyl (C=O) groups excluding carboxylic acids is 1. The highest BCUT2D eigenvalue weighted by Crippen LogP contribution is 2.41. The first-order valence-corrected chi connectivity index (χ1v) is 9.31. The molecule has 2 N–H and O–H groups in total. The second-order valence-corrected chi connectivity index (χ2v) is 7.92. The van der Waals surface area contributed by atoms with Crippen LogP contribution >= 0.6 is 0 Å². The molecule has 0 bridgehead atoms. The number of nitrogens with one attached hydrogen (secondary N) is 2. The Morgan fingerprint density at radius 1 is 1.44 bits per heavy atom. The first kappa shape index (κ1) is 17.7. The van der Waals surface area contributed by atoms with Crippen LogP contribution in [0.4, 0.5) is 4.79 Å². The summed E-state index contributed by atoms with van der Waals surface area (Å²) in [6.07, 6.45) is 1.49. The van der Waals surface area contributed by atoms with Crippen molar-refractivity contribution >= 4 is 6.03 Å². The van der Waals surface area contributed by atoms with Gasteiger partial charge in [0, 0.05) is 42.3 Å². The molecule has 2 aromatic rings. The van der Waals surface area contributed by atoms with Gasteiger partial charge in [0.1, 0.15) is 17.1 Å². The number of rotatable bonds is 2. The smallest absolute Gasteiger partial charge is 0.318 e. The van der Waals surface area contributed by atoms with E-state index in [4.69, 9.17) is 9.47 Å². The summed E-state index contributed by atoms with van der Waals surface area (Å²) < 4.78 is 11.4. The molecule has 0 radical (unpaired) electrons. The van der Waals surface area contributed by atoms with Crippen molar-refractivity contribution in [3.05, 3.63) is 40.7 Å². The van der Waals surface area contributed by atoms with E-state index in [1.54, 1.807) is 7.11 Å². The van der Waals surface area contributed by atoms with E-state index in [2.05, 4.69) is 15.5 Å². The minimum absolute atomic E-state index is 0.0503. The Balaban J connectivity index is 1.54. The number of aromatic nitrogens is 2. The summed E-state index contributed by atoms with van der Waals surface area (Å²) in [4.78, 5) is 14.8. The Labute approximate surface area is 159 Å². The first-order chi connectivity index (χ1) is 12.9. The number of nitrogens with zero attached hydrogens (tertiary/aromatic N) is 2. The molecule has 2 aliphatic rings. The molecule has 2 amide bonds. The molecule has 0 saturated heterocycles. The largest absolute Gasteiger partial charge is 0.497 e. The van der Waals surface area contributed by atoms with Crippen LogP contribution in [-0.2, 0) is 13.0 Å². The van der Waals surface area contributed by atoms with E-state index >= 15 is 0 Å². The number of ether oxygens (including phenoxy) is 2. The third-order valence-electron chi connectivity index (χ3n) is 5.39. The Morgan fingerprint density at radius 2 is 2.26 bits per heavy atom. The Kier molecular flexibility index (Phi) is 4.25. The van der Waals surface area contributed by atoms with Gasteiger partial charge in [-0.25, -0.2) is 4.79 Å². The molecule has 144 valence electrons. The third-order valence-corrected chi connectivity index (χ3v) is 5.39. The van der Waals surface area contributed by atoms with Crippen molar-refractivity contribution in [1.82, 2.24) is 20.4 Å². The summed E-state index contributed by atoms with van der Waals surface area (Å²) in [5, 5.41) is 10.6. The fraction of sp³-hybridized carbons (Fsp3) is 0.500. The minimum atomic E-state index is -0.368. The van der Waals surface area contributed by atoms with Crippen LogP contribution in [0.3, 0.4) is 0 Å². The molecule has 2 aliphatic heterocycles. The molecule has 0 fully saturated rings. The zero-order valence-electron chi connectivity index (χ0n) is 16.3. The number of aromatic amines is 1. The van der Waals surface area contributed by atoms with E-state index < -0.39 is 0 Å². The molecular weight excluding hydrogens is 344 g/mol. The number of amides is 2. The number of hydrogen-bond donors (Lipinski definition) is 2. The third kappa shape index (κ3) is 3.34. The minimum Gasteiger partial charge on any atom is -0.497 e. The van der Waals surface area contributed by atoms with E-state index in [1.165, 1.54) is 0 Å². The van der Waals surface area contributed by atoms with Crippen LogP contribution in [0.2, 0.25) is 0 Å². The topological polar surface area (TPSA) is 79.5 Å². The standard InChI is InChI=1S/C20H26N4O3/c1-12-15-11-24(8-7-16(15)23-22-12)19(25)21-17-10-20(2,3)27-18-9-13(26-4)5-6-14(17)18/h5-6,9,17H,7-8,10-11H2,1-4H3,(H,21,25)(H,22,23). The quantitative estimate of drug-likeness (QED) is 0.851. The van der Waals surface area contributed by atoms with Gasteiger partial charge in [0.25, 0.3) is 0 Å². The van der Waals surface area contributed by atoms with Crippen LogP contribution in [0.15, 0.2) is 18.2 Å². The number of urea groups is 1. The molecule has 4 rings (SSSR count). The van der Waals surface area contributed by atoms with Gasteiger partial charge in [0.2, 0.25) is 0 Å². The number of methoxy groups -OCH3 is 1. The van der Waals surface area contributed by atoms with E-state index in [0.717, 1.165) is 40.4 Å². The molecule has 7 nitrogen and oxygen atoms in total. The maximum absolute atomic E-state index is 13.0. The summed E-state index contributed by atoms with van der Waals surface area (Å²) >= 11 is 0. The average molecular weight is 370 g/mol. The summed E-state index contributed by atoms with van der Waals surface area (Å²) in [5.41, 5.74) is 3.86. The zero-order valence-corrected chi connectivity index (χ0v) is 16.3. The lowest BCUT2D eigenvalue weighted by Gasteiger charge is -2.39. The van der Waals surface area contributed by atoms with Gasteiger partial charge >= 0.3 is 6.03 Å². The van der Waals surface area contributed by atoms with Gasteiger partial charge in [-0.05, 0) is 32.9 Å². The number of benzene rings is 1. The maximum atomic E-state index is 13.0. The number of hydrogen-bond acceptors (Lipinski definition) is 4. The van der Waals surface area contributed by atoms with Crippen molar-refractivity contribution in [2.45, 2.75) is 51.8 Å². The molecule has 27 heavy (non-hydrogen) atoms. The van der Waals surface area contributed by atoms with Gasteiger partial charge in [-0.3, -0.25) is 5.10 Å². The predicted octanol–water partition coefficient (Wildman–Crippen LogP) is 3.10. The highest BCUT2D eigenvalue weighted by atomic mass is 16.5. The van der Waals surface area contributed by atoms with Crippen molar-refractivity contribution in [3.63, 3.8) is 0 Å². The molecule has 3 heterocycles. The summed E-state index contributed by atoms with van der Waals surface area (Å²) in [6.45, 7) is 7.34. The lowest BCUT2D eigenvalue weighted by atomic mass is 9.89. The van der Waals surface area contributed by atoms with Gasteiger partial charge < -0.3 is 19.7 Å². The average Bonchev–Trinajstić information content (AvgIpc) is 3.00. The van der Waals surface area contributed by atoms with Crippen LogP contribution in [0.25, 0.3) is 0 Å². The second kappa shape index (κ2) is 6.48. The fourth-order valence-electron chi connectivity index (χ4n) is 3.93. The highest BCUT2D eigenvalue weighted by molar-refractivity contribution is 5.75. The monoisotopic (exact) mass is 370 g/mol. The number of aryl methyl sites for hydroxylation is 1. The molecule has 1 unspecified atom stereocenters. The van der Waals surface area contributed by atoms with Crippen molar-refractivity contribution in [1.29, 1.82) is 0 Å². The van der Waals surface area contributed by atoms with Gasteiger partial charge in [-0.1, -0.05) is 0 Å². The Hall–Kier alpha value is -2.70. The molecule has 1 aromatic heterocycles. The van der Waals surface area contributed by atoms with E-state index in [1.807, 2.05) is 43.9 Å². The molecule has 1 aromatic carbocycles. The van der Waals surface area contributed by atoms with Crippen molar-refractivity contribution in [2.24, 2.45) is 0 Å². The molecule has 0 saturated carbocycles. The van der Waals surface area contributed by atoms with Gasteiger partial charge in [0.05, 0.1) is 25.4 Å². The SMILES string of the molecule is COc1ccc2c(c1)OC(C)(C)CC2NC(=O)N1CCc2n[nH]c(C)c2C1. The van der Waals surface area contributed by atoms with Crippen molar-refractivity contribution < 1.29 is 14.3 Å². The molecular formula is C20H26N4O3. The second-order valence-electron chi connectivity index (χ2n) is 7.92. The predicted molar refractivity (Wildman–Crippen MR) is 101 cm³/mol. The van der Waals surface area contributed by atoms with Gasteiger partial charge in [-0.15, -0.1) is 0 Å². The van der Waals surface area contributed by atoms with E-state index in [-0.39, 0.29) is 17.7 Å². The normalized spacial score (nSPS) is 20.3. The molecule has 0 aliphatic carbocycles. The first-order valence-electron chi connectivity index (χ1n) is 9.31. The lowest BCUT2D eigenvalue weighted by molar-refractivity contribution is 0.0660. The molecule has 1 atom stereocenters. The Bertz CT molecular complexity index is 874. The maximum Gasteiger partial charge on any atom is 0.318 e. The van der Waals surface area contributed by atoms with Crippen LogP contribution in [0, 0.1) is 6.92 Å². The van der Waals surface area contributed by atoms with Gasteiger partial charge in [0.15, 0.2) is 0 Å². The van der Waals surface area contributed by atoms with Gasteiger partial charge in [-0.2, -0.15) is 5.10 Å². The summed E-state index contributed by atoms with van der Waals surface area (Å²) in [6, 6.07) is 5.61. The summed E-state index contributed by atoms with van der Waals surface area (Å²) in [7, 11) is 1.64. The van der Waals surface area contributed by atoms with Crippen molar-refractivity contribution in [2.75, 3.05) is 13.7 Å². The Morgan fingerprint density at radius 3 is 3.04 bits per heavy atom. The highest BCUT2D eigenvalue weighted by Gasteiger charge is 2.36. The van der Waals surface area contributed by atoms with Crippen LogP contribution < -0.4 is 14.8 Å². The lowest BCUT2D eigenvalue weighted by Crippen LogP contribution is -2.47. The van der Waals surface area contributed by atoms with Crippen LogP contribution in [-0.4, -0.2) is 40.4 Å². The van der Waals surface area contributed by atoms with Crippen LogP contribution in [0.1, 0.15) is 48.8 Å².